The maximum atomic E-state index is 13.2. The number of thiophene rings is 1. The summed E-state index contributed by atoms with van der Waals surface area (Å²) in [5, 5.41) is 3.77. The van der Waals surface area contributed by atoms with Crippen LogP contribution in [0.5, 0.6) is 0 Å². The van der Waals surface area contributed by atoms with E-state index in [1.165, 1.54) is 17.5 Å². The molecule has 5 nitrogen and oxygen atoms in total. The van der Waals surface area contributed by atoms with E-state index in [2.05, 4.69) is 10.3 Å². The predicted molar refractivity (Wildman–Crippen MR) is 106 cm³/mol. The molecule has 0 bridgehead atoms. The average Bonchev–Trinajstić information content (AvgIpc) is 3.16. The SMILES string of the molecule is Cc1ccc(S(=O)(=O)[C@@H](CNC(=O)Cc2cccs2)c2cccnc2)cc1. The molecule has 3 rings (SSSR count). The fourth-order valence-electron chi connectivity index (χ4n) is 2.71. The van der Waals surface area contributed by atoms with Crippen LogP contribution in [0.25, 0.3) is 0 Å². The van der Waals surface area contributed by atoms with E-state index in [1.54, 1.807) is 42.6 Å². The maximum Gasteiger partial charge on any atom is 0.225 e. The maximum absolute atomic E-state index is 13.2. The second-order valence-electron chi connectivity index (χ2n) is 6.19. The fraction of sp³-hybridized carbons (Fsp3) is 0.200. The summed E-state index contributed by atoms with van der Waals surface area (Å²) >= 11 is 1.50. The number of nitrogens with one attached hydrogen (secondary N) is 1. The third-order valence-corrected chi connectivity index (χ3v) is 7.17. The first-order valence-electron chi connectivity index (χ1n) is 8.46. The Morgan fingerprint density at radius 2 is 1.93 bits per heavy atom. The molecule has 0 aliphatic rings. The van der Waals surface area contributed by atoms with E-state index < -0.39 is 15.1 Å². The number of pyridine rings is 1. The molecule has 27 heavy (non-hydrogen) atoms. The average molecular weight is 401 g/mol. The lowest BCUT2D eigenvalue weighted by atomic mass is 10.2. The minimum atomic E-state index is -3.68. The van der Waals surface area contributed by atoms with Crippen molar-refractivity contribution < 1.29 is 13.2 Å². The quantitative estimate of drug-likeness (QED) is 0.660. The van der Waals surface area contributed by atoms with Crippen LogP contribution in [0.15, 0.2) is 71.2 Å². The second kappa shape index (κ2) is 8.45. The molecule has 1 amide bonds. The summed E-state index contributed by atoms with van der Waals surface area (Å²) in [7, 11) is -3.68. The molecule has 1 atom stereocenters. The Morgan fingerprint density at radius 1 is 1.15 bits per heavy atom. The highest BCUT2D eigenvalue weighted by Gasteiger charge is 2.29. The molecule has 0 unspecified atom stereocenters. The number of carbonyl (C=O) groups excluding carboxylic acids is 1. The van der Waals surface area contributed by atoms with Crippen molar-refractivity contribution in [2.75, 3.05) is 6.54 Å². The summed E-state index contributed by atoms with van der Waals surface area (Å²) in [5.41, 5.74) is 1.53. The summed E-state index contributed by atoms with van der Waals surface area (Å²) in [5.74, 6) is -0.203. The Bertz CT molecular complexity index is 983. The van der Waals surface area contributed by atoms with Gasteiger partial charge in [0.1, 0.15) is 5.25 Å². The number of sulfone groups is 1. The molecule has 3 aromatic rings. The minimum absolute atomic E-state index is 0.00783. The van der Waals surface area contributed by atoms with Crippen LogP contribution in [0.1, 0.15) is 21.3 Å². The smallest absolute Gasteiger partial charge is 0.225 e. The summed E-state index contributed by atoms with van der Waals surface area (Å²) < 4.78 is 26.4. The molecular weight excluding hydrogens is 380 g/mol. The van der Waals surface area contributed by atoms with Gasteiger partial charge in [-0.2, -0.15) is 0 Å². The Hall–Kier alpha value is -2.51. The van der Waals surface area contributed by atoms with Crippen LogP contribution >= 0.6 is 11.3 Å². The molecule has 2 aromatic heterocycles. The van der Waals surface area contributed by atoms with Gasteiger partial charge in [-0.25, -0.2) is 8.42 Å². The van der Waals surface area contributed by atoms with E-state index in [1.807, 2.05) is 24.4 Å². The Labute approximate surface area is 163 Å². The van der Waals surface area contributed by atoms with Crippen LogP contribution < -0.4 is 5.32 Å². The van der Waals surface area contributed by atoms with Gasteiger partial charge in [0.05, 0.1) is 11.3 Å². The lowest BCUT2D eigenvalue weighted by Crippen LogP contribution is -2.32. The number of amides is 1. The topological polar surface area (TPSA) is 76.1 Å². The van der Waals surface area contributed by atoms with Crippen molar-refractivity contribution in [2.45, 2.75) is 23.5 Å². The van der Waals surface area contributed by atoms with E-state index in [4.69, 9.17) is 0 Å². The first kappa shape index (κ1) is 19.3. The molecular formula is C20H20N2O3S2. The molecule has 7 heteroatoms. The summed E-state index contributed by atoms with van der Waals surface area (Å²) in [6.45, 7) is 1.89. The number of hydrogen-bond donors (Lipinski definition) is 1. The number of carbonyl (C=O) groups is 1. The van der Waals surface area contributed by atoms with Crippen molar-refractivity contribution in [3.05, 3.63) is 82.3 Å². The van der Waals surface area contributed by atoms with Crippen LogP contribution in [0.2, 0.25) is 0 Å². The van der Waals surface area contributed by atoms with Crippen molar-refractivity contribution in [3.8, 4) is 0 Å². The zero-order chi connectivity index (χ0) is 19.3. The normalized spacial score (nSPS) is 12.5. The monoisotopic (exact) mass is 400 g/mol. The molecule has 1 aromatic carbocycles. The number of aromatic nitrogens is 1. The van der Waals surface area contributed by atoms with Gasteiger partial charge in [0.15, 0.2) is 9.84 Å². The molecule has 0 spiro atoms. The Kier molecular flexibility index (Phi) is 6.03. The molecule has 0 aliphatic heterocycles. The molecule has 0 saturated carbocycles. The van der Waals surface area contributed by atoms with Gasteiger partial charge < -0.3 is 5.32 Å². The molecule has 0 fully saturated rings. The van der Waals surface area contributed by atoms with Gasteiger partial charge >= 0.3 is 0 Å². The molecule has 2 heterocycles. The zero-order valence-electron chi connectivity index (χ0n) is 14.8. The molecule has 140 valence electrons. The largest absolute Gasteiger partial charge is 0.354 e. The number of aryl methyl sites for hydroxylation is 1. The van der Waals surface area contributed by atoms with Gasteiger partial charge in [0.25, 0.3) is 0 Å². The highest BCUT2D eigenvalue weighted by atomic mass is 32.2. The molecule has 0 radical (unpaired) electrons. The Balaban J connectivity index is 1.83. The van der Waals surface area contributed by atoms with Crippen molar-refractivity contribution in [3.63, 3.8) is 0 Å². The van der Waals surface area contributed by atoms with Crippen LogP contribution in [0.3, 0.4) is 0 Å². The van der Waals surface area contributed by atoms with Crippen LogP contribution in [-0.4, -0.2) is 25.9 Å². The van der Waals surface area contributed by atoms with E-state index in [0.717, 1.165) is 10.4 Å². The lowest BCUT2D eigenvalue weighted by molar-refractivity contribution is -0.120. The van der Waals surface area contributed by atoms with E-state index >= 15 is 0 Å². The molecule has 0 aliphatic carbocycles. The van der Waals surface area contributed by atoms with Crippen molar-refractivity contribution in [1.29, 1.82) is 0 Å². The number of benzene rings is 1. The van der Waals surface area contributed by atoms with E-state index in [9.17, 15) is 13.2 Å². The van der Waals surface area contributed by atoms with Crippen LogP contribution in [-0.2, 0) is 21.1 Å². The highest BCUT2D eigenvalue weighted by molar-refractivity contribution is 7.91. The van der Waals surface area contributed by atoms with Crippen molar-refractivity contribution >= 4 is 27.1 Å². The summed E-state index contributed by atoms with van der Waals surface area (Å²) in [4.78, 5) is 17.4. The van der Waals surface area contributed by atoms with E-state index in [-0.39, 0.29) is 23.8 Å². The number of nitrogens with zero attached hydrogens (tertiary/aromatic N) is 1. The number of rotatable bonds is 7. The fourth-order valence-corrected chi connectivity index (χ4v) is 5.05. The molecule has 1 N–H and O–H groups in total. The first-order valence-corrected chi connectivity index (χ1v) is 10.9. The van der Waals surface area contributed by atoms with Gasteiger partial charge in [-0.1, -0.05) is 29.8 Å². The number of hydrogen-bond acceptors (Lipinski definition) is 5. The third kappa shape index (κ3) is 4.81. The zero-order valence-corrected chi connectivity index (χ0v) is 16.5. The highest BCUT2D eigenvalue weighted by Crippen LogP contribution is 2.28. The van der Waals surface area contributed by atoms with Gasteiger partial charge in [-0.3, -0.25) is 9.78 Å². The second-order valence-corrected chi connectivity index (χ2v) is 9.36. The van der Waals surface area contributed by atoms with Crippen molar-refractivity contribution in [2.24, 2.45) is 0 Å². The third-order valence-electron chi connectivity index (χ3n) is 4.18. The lowest BCUT2D eigenvalue weighted by Gasteiger charge is -2.19. The standard InChI is InChI=1S/C20H20N2O3S2/c1-15-6-8-18(9-7-15)27(24,25)19(16-4-2-10-21-13-16)14-22-20(23)12-17-5-3-11-26-17/h2-11,13,19H,12,14H2,1H3,(H,22,23)/t19-/m0/s1. The molecule has 0 saturated heterocycles. The van der Waals surface area contributed by atoms with E-state index in [0.29, 0.717) is 5.56 Å². The van der Waals surface area contributed by atoms with Gasteiger partial charge in [0.2, 0.25) is 5.91 Å². The minimum Gasteiger partial charge on any atom is -0.354 e. The predicted octanol–water partition coefficient (Wildman–Crippen LogP) is 3.33. The summed E-state index contributed by atoms with van der Waals surface area (Å²) in [6.07, 6.45) is 3.36. The summed E-state index contributed by atoms with van der Waals surface area (Å²) in [6, 6.07) is 13.9. The van der Waals surface area contributed by atoms with Gasteiger partial charge in [-0.05, 0) is 42.1 Å². The van der Waals surface area contributed by atoms with Crippen LogP contribution in [0, 0.1) is 6.92 Å². The Morgan fingerprint density at radius 3 is 2.56 bits per heavy atom. The first-order chi connectivity index (χ1) is 13.0. The van der Waals surface area contributed by atoms with Crippen LogP contribution in [0.4, 0.5) is 0 Å². The van der Waals surface area contributed by atoms with Crippen molar-refractivity contribution in [1.82, 2.24) is 10.3 Å². The van der Waals surface area contributed by atoms with Gasteiger partial charge in [0, 0.05) is 23.8 Å². The van der Waals surface area contributed by atoms with Gasteiger partial charge in [-0.15, -0.1) is 11.3 Å².